The number of nitrogens with one attached hydrogen (secondary N) is 2. The van der Waals surface area contributed by atoms with E-state index >= 15 is 0 Å². The highest BCUT2D eigenvalue weighted by atomic mass is 19.1. The molecule has 130 valence electrons. The Bertz CT molecular complexity index is 985. The Kier molecular flexibility index (Phi) is 4.17. The first-order valence-electron chi connectivity index (χ1n) is 8.75. The number of carbonyl (C=O) groups excluding carboxylic acids is 1. The summed E-state index contributed by atoms with van der Waals surface area (Å²) in [4.78, 5) is 12.6. The molecular formula is C22H19FN2O. The number of hydrogen-bond donors (Lipinski definition) is 2. The van der Waals surface area contributed by atoms with Gasteiger partial charge in [0.2, 0.25) is 0 Å². The molecular weight excluding hydrogens is 327 g/mol. The summed E-state index contributed by atoms with van der Waals surface area (Å²) in [7, 11) is 0. The van der Waals surface area contributed by atoms with E-state index in [9.17, 15) is 9.18 Å². The van der Waals surface area contributed by atoms with E-state index in [1.807, 2.05) is 30.4 Å². The van der Waals surface area contributed by atoms with Crippen molar-refractivity contribution in [3.63, 3.8) is 0 Å². The Morgan fingerprint density at radius 1 is 1.04 bits per heavy atom. The van der Waals surface area contributed by atoms with E-state index in [4.69, 9.17) is 0 Å². The molecule has 0 saturated heterocycles. The van der Waals surface area contributed by atoms with E-state index in [-0.39, 0.29) is 11.7 Å². The van der Waals surface area contributed by atoms with Crippen molar-refractivity contribution in [2.45, 2.75) is 19.8 Å². The molecule has 2 heterocycles. The van der Waals surface area contributed by atoms with Gasteiger partial charge in [-0.2, -0.15) is 0 Å². The highest BCUT2D eigenvalue weighted by Gasteiger charge is 2.28. The topological polar surface area (TPSA) is 41.1 Å². The average Bonchev–Trinajstić information content (AvgIpc) is 2.98. The fourth-order valence-electron chi connectivity index (χ4n) is 3.39. The molecule has 4 heteroatoms. The fraction of sp³-hybridized carbons (Fsp3) is 0.136. The van der Waals surface area contributed by atoms with E-state index in [1.165, 1.54) is 6.07 Å². The maximum absolute atomic E-state index is 14.4. The molecule has 0 spiro atoms. The van der Waals surface area contributed by atoms with E-state index < -0.39 is 0 Å². The van der Waals surface area contributed by atoms with Crippen LogP contribution in [0.3, 0.4) is 0 Å². The van der Waals surface area contributed by atoms with Crippen LogP contribution in [0.25, 0.3) is 16.7 Å². The Hall–Kier alpha value is -3.14. The van der Waals surface area contributed by atoms with Crippen molar-refractivity contribution < 1.29 is 9.18 Å². The second kappa shape index (κ2) is 6.64. The second-order valence-corrected chi connectivity index (χ2v) is 6.32. The molecule has 3 nitrogen and oxygen atoms in total. The molecule has 4 rings (SSSR count). The number of fused-ring (bicyclic) bond motifs is 1. The quantitative estimate of drug-likeness (QED) is 0.768. The minimum atomic E-state index is -0.300. The van der Waals surface area contributed by atoms with Crippen molar-refractivity contribution in [2.75, 3.05) is 5.32 Å². The summed E-state index contributed by atoms with van der Waals surface area (Å²) in [5.41, 5.74) is 5.25. The molecule has 0 aromatic heterocycles. The molecule has 0 saturated carbocycles. The van der Waals surface area contributed by atoms with Crippen LogP contribution >= 0.6 is 0 Å². The fourth-order valence-corrected chi connectivity index (χ4v) is 3.39. The average molecular weight is 346 g/mol. The maximum Gasteiger partial charge on any atom is 0.256 e. The summed E-state index contributed by atoms with van der Waals surface area (Å²) in [6.45, 7) is 2.09. The predicted molar refractivity (Wildman–Crippen MR) is 103 cm³/mol. The van der Waals surface area contributed by atoms with Gasteiger partial charge >= 0.3 is 0 Å². The van der Waals surface area contributed by atoms with Gasteiger partial charge in [-0.05, 0) is 36.6 Å². The Morgan fingerprint density at radius 2 is 1.85 bits per heavy atom. The third-order valence-electron chi connectivity index (χ3n) is 4.68. The number of dihydropyridines is 1. The monoisotopic (exact) mass is 346 g/mol. The van der Waals surface area contributed by atoms with Crippen LogP contribution in [-0.4, -0.2) is 5.91 Å². The van der Waals surface area contributed by atoms with Crippen LogP contribution < -0.4 is 10.6 Å². The first kappa shape index (κ1) is 16.3. The highest BCUT2D eigenvalue weighted by molar-refractivity contribution is 6.33. The lowest BCUT2D eigenvalue weighted by Gasteiger charge is -2.15. The van der Waals surface area contributed by atoms with Gasteiger partial charge in [0.25, 0.3) is 5.91 Å². The first-order chi connectivity index (χ1) is 12.7. The molecule has 2 aromatic carbocycles. The van der Waals surface area contributed by atoms with Crippen molar-refractivity contribution in [2.24, 2.45) is 0 Å². The summed E-state index contributed by atoms with van der Waals surface area (Å²) < 4.78 is 14.4. The third-order valence-corrected chi connectivity index (χ3v) is 4.68. The van der Waals surface area contributed by atoms with Crippen LogP contribution in [0.2, 0.25) is 0 Å². The molecule has 2 aromatic rings. The van der Waals surface area contributed by atoms with Crippen molar-refractivity contribution >= 4 is 17.2 Å². The number of carbonyl (C=O) groups is 1. The van der Waals surface area contributed by atoms with E-state index in [2.05, 4.69) is 23.6 Å². The molecule has 0 fully saturated rings. The van der Waals surface area contributed by atoms with Crippen LogP contribution in [0.4, 0.5) is 10.1 Å². The molecule has 1 amide bonds. The Balaban J connectivity index is 1.82. The normalized spacial score (nSPS) is 17.3. The van der Waals surface area contributed by atoms with Crippen LogP contribution in [0.1, 0.15) is 25.3 Å². The number of halogens is 1. The Labute approximate surface area is 151 Å². The molecule has 2 N–H and O–H groups in total. The number of benzene rings is 2. The zero-order valence-corrected chi connectivity index (χ0v) is 14.5. The van der Waals surface area contributed by atoms with E-state index in [0.717, 1.165) is 29.8 Å². The van der Waals surface area contributed by atoms with Gasteiger partial charge in [0, 0.05) is 28.2 Å². The lowest BCUT2D eigenvalue weighted by Crippen LogP contribution is -2.15. The summed E-state index contributed by atoms with van der Waals surface area (Å²) >= 11 is 0. The lowest BCUT2D eigenvalue weighted by atomic mass is 9.94. The highest BCUT2D eigenvalue weighted by Crippen LogP contribution is 2.40. The van der Waals surface area contributed by atoms with E-state index in [0.29, 0.717) is 22.4 Å². The zero-order valence-electron chi connectivity index (χ0n) is 14.5. The van der Waals surface area contributed by atoms with Crippen molar-refractivity contribution in [1.82, 2.24) is 5.32 Å². The van der Waals surface area contributed by atoms with Gasteiger partial charge in [0.1, 0.15) is 5.82 Å². The molecule has 0 radical (unpaired) electrons. The van der Waals surface area contributed by atoms with Crippen molar-refractivity contribution in [3.8, 4) is 11.1 Å². The second-order valence-electron chi connectivity index (χ2n) is 6.32. The van der Waals surface area contributed by atoms with Gasteiger partial charge < -0.3 is 10.6 Å². The van der Waals surface area contributed by atoms with Crippen LogP contribution in [0.15, 0.2) is 72.1 Å². The SMILES string of the molecule is CCC1=CCC=C(/C=C2\C(=O)Nc3cccc(-c4ccccc4F)c32)N1. The summed E-state index contributed by atoms with van der Waals surface area (Å²) in [6, 6.07) is 12.2. The van der Waals surface area contributed by atoms with Crippen LogP contribution in [0.5, 0.6) is 0 Å². The van der Waals surface area contributed by atoms with Gasteiger partial charge in [-0.1, -0.05) is 49.4 Å². The standard InChI is InChI=1S/C22H19FN2O/c1-2-14-7-5-8-15(24-14)13-18-21-17(16-9-3-4-11-19(16)23)10-6-12-20(21)25-22(18)26/h3-4,6-13,24H,2,5H2,1H3,(H,25,26)/b18-13-. The lowest BCUT2D eigenvalue weighted by molar-refractivity contribution is -0.110. The molecule has 0 unspecified atom stereocenters. The first-order valence-corrected chi connectivity index (χ1v) is 8.75. The predicted octanol–water partition coefficient (Wildman–Crippen LogP) is 5.00. The molecule has 2 aliphatic rings. The number of rotatable bonds is 3. The molecule has 0 atom stereocenters. The third kappa shape index (κ3) is 2.84. The minimum Gasteiger partial charge on any atom is -0.359 e. The summed E-state index contributed by atoms with van der Waals surface area (Å²) in [5.74, 6) is -0.468. The van der Waals surface area contributed by atoms with Gasteiger partial charge in [-0.3, -0.25) is 4.79 Å². The summed E-state index contributed by atoms with van der Waals surface area (Å²) in [6.07, 6.45) is 7.77. The van der Waals surface area contributed by atoms with Crippen molar-refractivity contribution in [1.29, 1.82) is 0 Å². The van der Waals surface area contributed by atoms with Gasteiger partial charge in [-0.25, -0.2) is 4.39 Å². The smallest absolute Gasteiger partial charge is 0.256 e. The number of anilines is 1. The molecule has 2 aliphatic heterocycles. The minimum absolute atomic E-state index is 0.168. The number of amides is 1. The van der Waals surface area contributed by atoms with Gasteiger partial charge in [0.05, 0.1) is 5.57 Å². The number of hydrogen-bond acceptors (Lipinski definition) is 2. The number of allylic oxidation sites excluding steroid dienone is 4. The van der Waals surface area contributed by atoms with Crippen LogP contribution in [-0.2, 0) is 4.79 Å². The summed E-state index contributed by atoms with van der Waals surface area (Å²) in [5, 5.41) is 6.24. The molecule has 0 aliphatic carbocycles. The van der Waals surface area contributed by atoms with Crippen LogP contribution in [0, 0.1) is 5.82 Å². The Morgan fingerprint density at radius 3 is 2.65 bits per heavy atom. The van der Waals surface area contributed by atoms with Gasteiger partial charge in [-0.15, -0.1) is 0 Å². The molecule has 26 heavy (non-hydrogen) atoms. The van der Waals surface area contributed by atoms with E-state index in [1.54, 1.807) is 18.2 Å². The molecule has 0 bridgehead atoms. The van der Waals surface area contributed by atoms with Gasteiger partial charge in [0.15, 0.2) is 0 Å². The maximum atomic E-state index is 14.4. The largest absolute Gasteiger partial charge is 0.359 e. The zero-order chi connectivity index (χ0) is 18.1. The van der Waals surface area contributed by atoms with Crippen molar-refractivity contribution in [3.05, 3.63) is 83.5 Å².